The molecule has 198 valence electrons. The normalized spacial score (nSPS) is 28.3. The Balaban J connectivity index is 1.16. The summed E-state index contributed by atoms with van der Waals surface area (Å²) in [4.78, 5) is 39.8. The van der Waals surface area contributed by atoms with Crippen LogP contribution in [0.3, 0.4) is 0 Å². The molecule has 1 saturated heterocycles. The summed E-state index contributed by atoms with van der Waals surface area (Å²) in [5.41, 5.74) is -0.304. The molecule has 1 heterocycles. The van der Waals surface area contributed by atoms with E-state index in [0.29, 0.717) is 23.6 Å². The van der Waals surface area contributed by atoms with E-state index in [4.69, 9.17) is 4.74 Å². The first-order valence-corrected chi connectivity index (χ1v) is 13.1. The van der Waals surface area contributed by atoms with Gasteiger partial charge in [0.1, 0.15) is 11.4 Å². The van der Waals surface area contributed by atoms with Crippen LogP contribution in [0.25, 0.3) is 0 Å². The van der Waals surface area contributed by atoms with Crippen molar-refractivity contribution in [1.29, 1.82) is 0 Å². The molecule has 3 aliphatic rings. The Morgan fingerprint density at radius 1 is 1.00 bits per heavy atom. The lowest BCUT2D eigenvalue weighted by Crippen LogP contribution is -2.40. The number of piperidine rings is 1. The van der Waals surface area contributed by atoms with Crippen molar-refractivity contribution in [3.05, 3.63) is 29.8 Å². The van der Waals surface area contributed by atoms with Crippen LogP contribution in [-0.4, -0.2) is 47.3 Å². The third-order valence-corrected chi connectivity index (χ3v) is 7.80. The van der Waals surface area contributed by atoms with Gasteiger partial charge in [0, 0.05) is 56.1 Å². The number of hydrogen-bond donors (Lipinski definition) is 1. The van der Waals surface area contributed by atoms with E-state index in [1.54, 1.807) is 6.07 Å². The van der Waals surface area contributed by atoms with Crippen molar-refractivity contribution in [2.24, 2.45) is 23.7 Å². The van der Waals surface area contributed by atoms with E-state index in [2.05, 4.69) is 10.2 Å². The Bertz CT molecular complexity index is 980. The van der Waals surface area contributed by atoms with Gasteiger partial charge in [-0.25, -0.2) is 8.78 Å². The molecule has 0 aromatic heterocycles. The third kappa shape index (κ3) is 6.50. The molecule has 3 atom stereocenters. The molecule has 1 aliphatic heterocycles. The molecule has 1 unspecified atom stereocenters. The lowest BCUT2D eigenvalue weighted by molar-refractivity contribution is -0.161. The Kier molecular flexibility index (Phi) is 7.56. The Morgan fingerprint density at radius 2 is 1.64 bits per heavy atom. The number of ether oxygens (including phenoxy) is 1. The maximum Gasteiger partial charge on any atom is 0.309 e. The third-order valence-electron chi connectivity index (χ3n) is 7.80. The lowest BCUT2D eigenvalue weighted by atomic mass is 9.85. The molecule has 1 N–H and O–H groups in total. The average Bonchev–Trinajstić information content (AvgIpc) is 3.29. The van der Waals surface area contributed by atoms with Gasteiger partial charge in [-0.3, -0.25) is 19.3 Å². The zero-order valence-corrected chi connectivity index (χ0v) is 21.7. The molecule has 36 heavy (non-hydrogen) atoms. The molecule has 1 aromatic carbocycles. The summed E-state index contributed by atoms with van der Waals surface area (Å²) >= 11 is 0. The summed E-state index contributed by atoms with van der Waals surface area (Å²) in [6.45, 7) is 8.32. The molecule has 6 nitrogen and oxygen atoms in total. The SMILES string of the molecule is CC(C)(C)OC(=O)C1CCC(N2C[C@@H]3C(C(=O)CCC(=O)Nc4cccc(C(C)(F)F)c4)[C@@H]3C2)CC1. The molecule has 0 radical (unpaired) electrons. The van der Waals surface area contributed by atoms with Gasteiger partial charge in [0.15, 0.2) is 0 Å². The maximum absolute atomic E-state index is 13.5. The van der Waals surface area contributed by atoms with Gasteiger partial charge in [-0.2, -0.15) is 0 Å². The number of amides is 1. The van der Waals surface area contributed by atoms with Gasteiger partial charge in [-0.05, 0) is 70.4 Å². The van der Waals surface area contributed by atoms with Gasteiger partial charge >= 0.3 is 5.97 Å². The molecule has 3 fully saturated rings. The van der Waals surface area contributed by atoms with Crippen molar-refractivity contribution < 1.29 is 27.9 Å². The zero-order chi connectivity index (χ0) is 26.3. The van der Waals surface area contributed by atoms with Crippen molar-refractivity contribution in [3.63, 3.8) is 0 Å². The molecule has 2 aliphatic carbocycles. The van der Waals surface area contributed by atoms with E-state index in [-0.39, 0.29) is 47.9 Å². The number of rotatable bonds is 8. The number of carbonyl (C=O) groups is 3. The lowest BCUT2D eigenvalue weighted by Gasteiger charge is -2.35. The second-order valence-electron chi connectivity index (χ2n) is 11.8. The minimum atomic E-state index is -2.98. The highest BCUT2D eigenvalue weighted by atomic mass is 19.3. The number of likely N-dealkylation sites (tertiary alicyclic amines) is 1. The molecule has 8 heteroatoms. The number of hydrogen-bond acceptors (Lipinski definition) is 5. The molecule has 2 saturated carbocycles. The van der Waals surface area contributed by atoms with Crippen LogP contribution in [0.15, 0.2) is 24.3 Å². The molecular formula is C28H38F2N2O4. The summed E-state index contributed by atoms with van der Waals surface area (Å²) in [5.74, 6) is -2.52. The average molecular weight is 505 g/mol. The first kappa shape index (κ1) is 26.7. The maximum atomic E-state index is 13.5. The smallest absolute Gasteiger partial charge is 0.309 e. The van der Waals surface area contributed by atoms with Crippen molar-refractivity contribution in [3.8, 4) is 0 Å². The Morgan fingerprint density at radius 3 is 2.22 bits per heavy atom. The Hall–Kier alpha value is -2.35. The highest BCUT2D eigenvalue weighted by molar-refractivity contribution is 5.94. The van der Waals surface area contributed by atoms with Crippen molar-refractivity contribution in [2.45, 2.75) is 83.8 Å². The predicted octanol–water partition coefficient (Wildman–Crippen LogP) is 5.16. The number of ketones is 1. The summed E-state index contributed by atoms with van der Waals surface area (Å²) < 4.78 is 32.6. The highest BCUT2D eigenvalue weighted by Gasteiger charge is 2.59. The molecule has 1 amide bonds. The number of esters is 1. The van der Waals surface area contributed by atoms with Crippen LogP contribution >= 0.6 is 0 Å². The summed E-state index contributed by atoms with van der Waals surface area (Å²) in [7, 11) is 0. The van der Waals surface area contributed by atoms with E-state index in [1.807, 2.05) is 20.8 Å². The number of fused-ring (bicyclic) bond motifs is 1. The number of benzene rings is 1. The standard InChI is InChI=1S/C28H38F2N2O4/c1-27(2,3)36-26(35)17-8-10-20(11-9-17)32-15-21-22(16-32)25(21)23(33)12-13-24(34)31-19-7-5-6-18(14-19)28(4,29)30/h5-7,14,17,20-22,25H,8-13,15-16H2,1-4H3,(H,31,34)/t17?,20?,21-,22+,25?. The van der Waals surface area contributed by atoms with Gasteiger partial charge in [-0.15, -0.1) is 0 Å². The second-order valence-corrected chi connectivity index (χ2v) is 11.8. The van der Waals surface area contributed by atoms with Crippen molar-refractivity contribution in [2.75, 3.05) is 18.4 Å². The van der Waals surface area contributed by atoms with Crippen LogP contribution in [0.5, 0.6) is 0 Å². The monoisotopic (exact) mass is 504 g/mol. The van der Waals surface area contributed by atoms with Crippen LogP contribution in [0, 0.1) is 23.7 Å². The van der Waals surface area contributed by atoms with E-state index in [1.165, 1.54) is 18.2 Å². The number of Topliss-reactive ketones (excluding diaryl/α,β-unsaturated/α-hetero) is 1. The van der Waals surface area contributed by atoms with Gasteiger partial charge in [-0.1, -0.05) is 12.1 Å². The molecular weight excluding hydrogens is 466 g/mol. The summed E-state index contributed by atoms with van der Waals surface area (Å²) in [5, 5.41) is 2.63. The van der Waals surface area contributed by atoms with Crippen LogP contribution in [0.4, 0.5) is 14.5 Å². The Labute approximate surface area is 212 Å². The number of anilines is 1. The quantitative estimate of drug-likeness (QED) is 0.495. The molecule has 4 rings (SSSR count). The van der Waals surface area contributed by atoms with Crippen LogP contribution in [0.1, 0.15) is 71.8 Å². The van der Waals surface area contributed by atoms with E-state index in [9.17, 15) is 23.2 Å². The van der Waals surface area contributed by atoms with Gasteiger partial charge in [0.05, 0.1) is 5.92 Å². The molecule has 0 spiro atoms. The fourth-order valence-corrected chi connectivity index (χ4v) is 5.89. The van der Waals surface area contributed by atoms with E-state index >= 15 is 0 Å². The number of carbonyl (C=O) groups excluding carboxylic acids is 3. The van der Waals surface area contributed by atoms with Crippen LogP contribution in [-0.2, 0) is 25.0 Å². The van der Waals surface area contributed by atoms with E-state index < -0.39 is 11.5 Å². The number of nitrogens with zero attached hydrogens (tertiary/aromatic N) is 1. The topological polar surface area (TPSA) is 75.7 Å². The first-order chi connectivity index (χ1) is 16.8. The largest absolute Gasteiger partial charge is 0.460 e. The van der Waals surface area contributed by atoms with Crippen molar-refractivity contribution >= 4 is 23.3 Å². The molecule has 1 aromatic rings. The number of alkyl halides is 2. The number of halogens is 2. The predicted molar refractivity (Wildman–Crippen MR) is 133 cm³/mol. The zero-order valence-electron chi connectivity index (χ0n) is 21.7. The summed E-state index contributed by atoms with van der Waals surface area (Å²) in [6, 6.07) is 6.09. The van der Waals surface area contributed by atoms with Crippen LogP contribution in [0.2, 0.25) is 0 Å². The van der Waals surface area contributed by atoms with Gasteiger partial charge in [0.25, 0.3) is 5.92 Å². The van der Waals surface area contributed by atoms with Crippen molar-refractivity contribution in [1.82, 2.24) is 4.90 Å². The fraction of sp³-hybridized carbons (Fsp3) is 0.679. The minimum Gasteiger partial charge on any atom is -0.460 e. The molecule has 0 bridgehead atoms. The van der Waals surface area contributed by atoms with E-state index in [0.717, 1.165) is 45.7 Å². The van der Waals surface area contributed by atoms with Gasteiger partial charge in [0.2, 0.25) is 5.91 Å². The minimum absolute atomic E-state index is 0.0148. The second kappa shape index (κ2) is 10.2. The first-order valence-electron chi connectivity index (χ1n) is 13.1. The van der Waals surface area contributed by atoms with Crippen LogP contribution < -0.4 is 5.32 Å². The number of nitrogens with one attached hydrogen (secondary N) is 1. The van der Waals surface area contributed by atoms with Gasteiger partial charge < -0.3 is 10.1 Å². The highest BCUT2D eigenvalue weighted by Crippen LogP contribution is 2.54. The fourth-order valence-electron chi connectivity index (χ4n) is 5.89. The summed E-state index contributed by atoms with van der Waals surface area (Å²) in [6.07, 6.45) is 3.89.